The second-order valence-electron chi connectivity index (χ2n) is 6.31. The summed E-state index contributed by atoms with van der Waals surface area (Å²) in [5.74, 6) is 0.975. The van der Waals surface area contributed by atoms with Gasteiger partial charge in [0.2, 0.25) is 0 Å². The van der Waals surface area contributed by atoms with Gasteiger partial charge in [0.05, 0.1) is 32.0 Å². The van der Waals surface area contributed by atoms with E-state index in [1.807, 2.05) is 31.2 Å². The second-order valence-corrected chi connectivity index (χ2v) is 6.72. The van der Waals surface area contributed by atoms with Crippen molar-refractivity contribution in [2.45, 2.75) is 6.92 Å². The lowest BCUT2D eigenvalue weighted by Crippen LogP contribution is -2.36. The first-order valence-corrected chi connectivity index (χ1v) is 9.65. The van der Waals surface area contributed by atoms with Gasteiger partial charge in [-0.25, -0.2) is 0 Å². The normalized spacial score (nSPS) is 14.3. The molecule has 0 aromatic heterocycles. The molecule has 0 N–H and O–H groups in total. The molecular weight excluding hydrogens is 378 g/mol. The number of ketones is 1. The Balaban J connectivity index is 1.71. The van der Waals surface area contributed by atoms with Crippen LogP contribution in [0.25, 0.3) is 6.08 Å². The molecule has 1 saturated heterocycles. The van der Waals surface area contributed by atoms with Crippen LogP contribution in [0.2, 0.25) is 5.02 Å². The third-order valence-electron chi connectivity index (χ3n) is 4.50. The highest BCUT2D eigenvalue weighted by Gasteiger charge is 2.13. The van der Waals surface area contributed by atoms with Gasteiger partial charge in [0.1, 0.15) is 0 Å². The van der Waals surface area contributed by atoms with Crippen molar-refractivity contribution in [3.05, 3.63) is 58.6 Å². The van der Waals surface area contributed by atoms with Crippen LogP contribution in [0.4, 0.5) is 5.69 Å². The minimum Gasteiger partial charge on any atom is -0.493 e. The van der Waals surface area contributed by atoms with Crippen molar-refractivity contribution in [3.8, 4) is 11.5 Å². The molecule has 0 radical (unpaired) electrons. The minimum atomic E-state index is -0.0718. The summed E-state index contributed by atoms with van der Waals surface area (Å²) >= 11 is 6.28. The summed E-state index contributed by atoms with van der Waals surface area (Å²) in [6, 6.07) is 11.2. The van der Waals surface area contributed by atoms with Gasteiger partial charge >= 0.3 is 0 Å². The molecule has 148 valence electrons. The number of hydrogen-bond acceptors (Lipinski definition) is 5. The number of hydrogen-bond donors (Lipinski definition) is 0. The van der Waals surface area contributed by atoms with Gasteiger partial charge < -0.3 is 19.1 Å². The van der Waals surface area contributed by atoms with Crippen LogP contribution in [0.5, 0.6) is 11.5 Å². The first kappa shape index (κ1) is 20.2. The number of halogens is 1. The number of methoxy groups -OCH3 is 1. The van der Waals surface area contributed by atoms with E-state index < -0.39 is 0 Å². The highest BCUT2D eigenvalue weighted by atomic mass is 35.5. The van der Waals surface area contributed by atoms with Crippen molar-refractivity contribution < 1.29 is 19.0 Å². The molecule has 5 nitrogen and oxygen atoms in total. The maximum Gasteiger partial charge on any atom is 0.185 e. The van der Waals surface area contributed by atoms with E-state index in [1.54, 1.807) is 25.3 Å². The summed E-state index contributed by atoms with van der Waals surface area (Å²) in [6.45, 7) is 5.58. The molecule has 1 fully saturated rings. The van der Waals surface area contributed by atoms with Crippen LogP contribution >= 0.6 is 11.6 Å². The van der Waals surface area contributed by atoms with Gasteiger partial charge in [0.25, 0.3) is 0 Å². The fraction of sp³-hybridized carbons (Fsp3) is 0.318. The monoisotopic (exact) mass is 401 g/mol. The molecule has 1 aliphatic rings. The van der Waals surface area contributed by atoms with Crippen LogP contribution in [0.15, 0.2) is 42.5 Å². The van der Waals surface area contributed by atoms with Crippen LogP contribution in [0.1, 0.15) is 22.8 Å². The Morgan fingerprint density at radius 3 is 2.57 bits per heavy atom. The predicted octanol–water partition coefficient (Wildman–Crippen LogP) is 4.48. The Kier molecular flexibility index (Phi) is 6.95. The van der Waals surface area contributed by atoms with Gasteiger partial charge in [0, 0.05) is 24.3 Å². The SMILES string of the molecule is CCOc1c(Cl)cc(C=CC(=O)c2ccc(N3CCOCC3)cc2)cc1OC. The topological polar surface area (TPSA) is 48.0 Å². The highest BCUT2D eigenvalue weighted by molar-refractivity contribution is 6.32. The largest absolute Gasteiger partial charge is 0.493 e. The predicted molar refractivity (Wildman–Crippen MR) is 112 cm³/mol. The lowest BCUT2D eigenvalue weighted by Gasteiger charge is -2.28. The first-order valence-electron chi connectivity index (χ1n) is 9.28. The van der Waals surface area contributed by atoms with Crippen LogP contribution in [0.3, 0.4) is 0 Å². The molecule has 2 aromatic carbocycles. The number of carbonyl (C=O) groups excluding carboxylic acids is 1. The standard InChI is InChI=1S/C22H24ClNO4/c1-3-28-22-19(23)14-16(15-21(22)26-2)4-9-20(25)17-5-7-18(8-6-17)24-10-12-27-13-11-24/h4-9,14-15H,3,10-13H2,1-2H3. The molecule has 0 aliphatic carbocycles. The Hall–Kier alpha value is -2.50. The van der Waals surface area contributed by atoms with Crippen LogP contribution in [0, 0.1) is 0 Å². The summed E-state index contributed by atoms with van der Waals surface area (Å²) in [4.78, 5) is 14.8. The van der Waals surface area contributed by atoms with Gasteiger partial charge in [-0.1, -0.05) is 17.7 Å². The van der Waals surface area contributed by atoms with Gasteiger partial charge in [0.15, 0.2) is 17.3 Å². The molecular formula is C22H24ClNO4. The average molecular weight is 402 g/mol. The fourth-order valence-corrected chi connectivity index (χ4v) is 3.32. The number of anilines is 1. The number of rotatable bonds is 7. The maximum atomic E-state index is 12.5. The third-order valence-corrected chi connectivity index (χ3v) is 4.78. The van der Waals surface area contributed by atoms with Gasteiger partial charge in [-0.15, -0.1) is 0 Å². The van der Waals surface area contributed by atoms with Gasteiger partial charge in [-0.2, -0.15) is 0 Å². The smallest absolute Gasteiger partial charge is 0.185 e. The lowest BCUT2D eigenvalue weighted by atomic mass is 10.1. The van der Waals surface area contributed by atoms with E-state index in [1.165, 1.54) is 6.08 Å². The minimum absolute atomic E-state index is 0.0718. The number of morpholine rings is 1. The molecule has 1 aliphatic heterocycles. The molecule has 1 heterocycles. The van der Waals surface area contributed by atoms with Crippen molar-refractivity contribution in [1.29, 1.82) is 0 Å². The van der Waals surface area contributed by atoms with E-state index in [4.69, 9.17) is 25.8 Å². The average Bonchev–Trinajstić information content (AvgIpc) is 2.74. The zero-order chi connectivity index (χ0) is 19.9. The van der Waals surface area contributed by atoms with E-state index in [0.717, 1.165) is 37.6 Å². The Morgan fingerprint density at radius 1 is 1.21 bits per heavy atom. The number of nitrogens with zero attached hydrogens (tertiary/aromatic N) is 1. The van der Waals surface area contributed by atoms with Crippen molar-refractivity contribution in [2.24, 2.45) is 0 Å². The third kappa shape index (κ3) is 4.86. The Bertz CT molecular complexity index is 842. The molecule has 3 rings (SSSR count). The molecule has 28 heavy (non-hydrogen) atoms. The number of ether oxygens (including phenoxy) is 3. The van der Waals surface area contributed by atoms with Gasteiger partial charge in [-0.3, -0.25) is 4.79 Å². The van der Waals surface area contributed by atoms with Crippen LogP contribution < -0.4 is 14.4 Å². The van der Waals surface area contributed by atoms with Gasteiger partial charge in [-0.05, 0) is 55.0 Å². The highest BCUT2D eigenvalue weighted by Crippen LogP contribution is 2.36. The molecule has 0 spiro atoms. The lowest BCUT2D eigenvalue weighted by molar-refractivity contribution is 0.104. The zero-order valence-corrected chi connectivity index (χ0v) is 16.9. The van der Waals surface area contributed by atoms with Crippen LogP contribution in [-0.4, -0.2) is 45.8 Å². The molecule has 0 unspecified atom stereocenters. The molecule has 0 saturated carbocycles. The number of allylic oxidation sites excluding steroid dienone is 1. The zero-order valence-electron chi connectivity index (χ0n) is 16.1. The van der Waals surface area contributed by atoms with E-state index in [-0.39, 0.29) is 5.78 Å². The Morgan fingerprint density at radius 2 is 1.93 bits per heavy atom. The fourth-order valence-electron chi connectivity index (χ4n) is 3.05. The summed E-state index contributed by atoms with van der Waals surface area (Å²) in [5, 5.41) is 0.447. The summed E-state index contributed by atoms with van der Waals surface area (Å²) < 4.78 is 16.2. The van der Waals surface area contributed by atoms with E-state index >= 15 is 0 Å². The Labute approximate surface area is 170 Å². The second kappa shape index (κ2) is 9.62. The molecule has 0 atom stereocenters. The van der Waals surface area contributed by atoms with Crippen molar-refractivity contribution in [1.82, 2.24) is 0 Å². The van der Waals surface area contributed by atoms with Crippen molar-refractivity contribution >= 4 is 29.1 Å². The number of carbonyl (C=O) groups is 1. The number of benzene rings is 2. The van der Waals surface area contributed by atoms with E-state index in [2.05, 4.69) is 4.90 Å². The molecule has 0 bridgehead atoms. The summed E-state index contributed by atoms with van der Waals surface area (Å²) in [7, 11) is 1.56. The molecule has 0 amide bonds. The van der Waals surface area contributed by atoms with Crippen molar-refractivity contribution in [3.63, 3.8) is 0 Å². The summed E-state index contributed by atoms with van der Waals surface area (Å²) in [5.41, 5.74) is 2.51. The maximum absolute atomic E-state index is 12.5. The first-order chi connectivity index (χ1) is 13.6. The summed E-state index contributed by atoms with van der Waals surface area (Å²) in [6.07, 6.45) is 3.26. The van der Waals surface area contributed by atoms with E-state index in [0.29, 0.717) is 28.7 Å². The van der Waals surface area contributed by atoms with E-state index in [9.17, 15) is 4.79 Å². The molecule has 2 aromatic rings. The quantitative estimate of drug-likeness (QED) is 0.505. The van der Waals surface area contributed by atoms with Crippen LogP contribution in [-0.2, 0) is 4.74 Å². The molecule has 6 heteroatoms. The van der Waals surface area contributed by atoms with Crippen molar-refractivity contribution in [2.75, 3.05) is 44.9 Å².